The van der Waals surface area contributed by atoms with Crippen LogP contribution in [0.25, 0.3) is 0 Å². The molecular formula is C21H29NO3. The molecule has 1 aromatic rings. The minimum absolute atomic E-state index is 0.0933. The van der Waals surface area contributed by atoms with Gasteiger partial charge in [-0.25, -0.2) is 0 Å². The average Bonchev–Trinajstić information content (AvgIpc) is 3.20. The van der Waals surface area contributed by atoms with E-state index in [2.05, 4.69) is 17.4 Å². The van der Waals surface area contributed by atoms with Crippen LogP contribution in [0.15, 0.2) is 30.3 Å². The lowest BCUT2D eigenvalue weighted by Gasteiger charge is -2.30. The first-order valence-electron chi connectivity index (χ1n) is 9.64. The fourth-order valence-corrected chi connectivity index (χ4v) is 4.45. The topological polar surface area (TPSA) is 66.4 Å². The van der Waals surface area contributed by atoms with Crippen LogP contribution in [0.3, 0.4) is 0 Å². The molecule has 1 amide bonds. The standard InChI is InChI=1S/C21H29NO3/c1-2-8-16(19(23)24)14-21(11-6-7-12-21)20(25)22-18-13-17(18)15-9-4-3-5-10-15/h3-5,9-10,16-18H,2,6-8,11-14H2,1H3,(H,22,25)(H,23,24)/t16?,17-,18?/m1/s1. The van der Waals surface area contributed by atoms with E-state index in [-0.39, 0.29) is 11.9 Å². The summed E-state index contributed by atoms with van der Waals surface area (Å²) in [4.78, 5) is 24.6. The van der Waals surface area contributed by atoms with Gasteiger partial charge in [-0.1, -0.05) is 56.5 Å². The molecule has 0 saturated heterocycles. The highest BCUT2D eigenvalue weighted by Gasteiger charge is 2.47. The zero-order valence-electron chi connectivity index (χ0n) is 15.0. The quantitative estimate of drug-likeness (QED) is 0.746. The van der Waals surface area contributed by atoms with Gasteiger partial charge in [0.15, 0.2) is 0 Å². The summed E-state index contributed by atoms with van der Waals surface area (Å²) in [6, 6.07) is 10.5. The van der Waals surface area contributed by atoms with Crippen molar-refractivity contribution < 1.29 is 14.7 Å². The maximum Gasteiger partial charge on any atom is 0.306 e. The molecule has 0 aromatic heterocycles. The predicted octanol–water partition coefficient (Wildman–Crippen LogP) is 4.11. The van der Waals surface area contributed by atoms with Gasteiger partial charge in [0, 0.05) is 12.0 Å². The minimum atomic E-state index is -0.755. The summed E-state index contributed by atoms with van der Waals surface area (Å²) in [5.74, 6) is -0.655. The Hall–Kier alpha value is -1.84. The van der Waals surface area contributed by atoms with Crippen LogP contribution in [0.4, 0.5) is 0 Å². The average molecular weight is 343 g/mol. The fourth-order valence-electron chi connectivity index (χ4n) is 4.45. The predicted molar refractivity (Wildman–Crippen MR) is 97.3 cm³/mol. The normalized spacial score (nSPS) is 25.3. The molecule has 4 heteroatoms. The van der Waals surface area contributed by atoms with Crippen LogP contribution in [0, 0.1) is 11.3 Å². The second kappa shape index (κ2) is 7.59. The van der Waals surface area contributed by atoms with E-state index in [0.717, 1.165) is 38.5 Å². The molecule has 0 heterocycles. The Morgan fingerprint density at radius 3 is 2.52 bits per heavy atom. The Morgan fingerprint density at radius 2 is 1.92 bits per heavy atom. The zero-order chi connectivity index (χ0) is 17.9. The molecule has 136 valence electrons. The number of hydrogen-bond donors (Lipinski definition) is 2. The summed E-state index contributed by atoms with van der Waals surface area (Å²) in [7, 11) is 0. The molecule has 2 fully saturated rings. The lowest BCUT2D eigenvalue weighted by atomic mass is 9.75. The van der Waals surface area contributed by atoms with E-state index in [0.29, 0.717) is 18.8 Å². The zero-order valence-corrected chi connectivity index (χ0v) is 15.0. The van der Waals surface area contributed by atoms with E-state index in [1.165, 1.54) is 5.56 Å². The van der Waals surface area contributed by atoms with Crippen molar-refractivity contribution in [2.24, 2.45) is 11.3 Å². The SMILES string of the molecule is CCCC(CC1(C(=O)NC2C[C@@H]2c2ccccc2)CCCC1)C(=O)O. The van der Waals surface area contributed by atoms with Gasteiger partial charge < -0.3 is 10.4 Å². The molecule has 3 atom stereocenters. The Balaban J connectivity index is 1.64. The molecule has 0 spiro atoms. The van der Waals surface area contributed by atoms with Crippen LogP contribution in [-0.4, -0.2) is 23.0 Å². The molecule has 0 bridgehead atoms. The highest BCUT2D eigenvalue weighted by Crippen LogP contribution is 2.46. The molecule has 2 aliphatic carbocycles. The van der Waals surface area contributed by atoms with Crippen molar-refractivity contribution in [3.05, 3.63) is 35.9 Å². The van der Waals surface area contributed by atoms with Gasteiger partial charge in [-0.15, -0.1) is 0 Å². The number of carbonyl (C=O) groups is 2. The summed E-state index contributed by atoms with van der Waals surface area (Å²) in [5.41, 5.74) is 0.810. The van der Waals surface area contributed by atoms with Gasteiger partial charge in [0.25, 0.3) is 0 Å². The number of carbonyl (C=O) groups excluding carboxylic acids is 1. The molecule has 25 heavy (non-hydrogen) atoms. The van der Waals surface area contributed by atoms with Crippen LogP contribution >= 0.6 is 0 Å². The second-order valence-corrected chi connectivity index (χ2v) is 7.85. The fraction of sp³-hybridized carbons (Fsp3) is 0.619. The first-order valence-corrected chi connectivity index (χ1v) is 9.64. The van der Waals surface area contributed by atoms with Crippen LogP contribution in [0.5, 0.6) is 0 Å². The minimum Gasteiger partial charge on any atom is -0.481 e. The van der Waals surface area contributed by atoms with Crippen molar-refractivity contribution in [2.45, 2.75) is 70.3 Å². The Morgan fingerprint density at radius 1 is 1.24 bits per heavy atom. The van der Waals surface area contributed by atoms with E-state index in [4.69, 9.17) is 0 Å². The van der Waals surface area contributed by atoms with E-state index >= 15 is 0 Å². The first-order chi connectivity index (χ1) is 12.1. The summed E-state index contributed by atoms with van der Waals surface area (Å²) >= 11 is 0. The summed E-state index contributed by atoms with van der Waals surface area (Å²) in [5, 5.41) is 12.8. The molecule has 4 nitrogen and oxygen atoms in total. The van der Waals surface area contributed by atoms with Crippen LogP contribution in [0.1, 0.15) is 69.8 Å². The summed E-state index contributed by atoms with van der Waals surface area (Å²) < 4.78 is 0. The molecule has 2 saturated carbocycles. The third-order valence-corrected chi connectivity index (χ3v) is 6.00. The Bertz CT molecular complexity index is 607. The van der Waals surface area contributed by atoms with Crippen LogP contribution < -0.4 is 5.32 Å². The number of hydrogen-bond acceptors (Lipinski definition) is 2. The summed E-state index contributed by atoms with van der Waals surface area (Å²) in [6.45, 7) is 2.01. The number of nitrogens with one attached hydrogen (secondary N) is 1. The molecule has 0 radical (unpaired) electrons. The third-order valence-electron chi connectivity index (χ3n) is 6.00. The van der Waals surface area contributed by atoms with Gasteiger partial charge >= 0.3 is 5.97 Å². The first kappa shape index (κ1) is 18.0. The lowest BCUT2D eigenvalue weighted by molar-refractivity contribution is -0.144. The monoisotopic (exact) mass is 343 g/mol. The lowest BCUT2D eigenvalue weighted by Crippen LogP contribution is -2.42. The van der Waals surface area contributed by atoms with Gasteiger partial charge in [-0.05, 0) is 37.7 Å². The number of benzene rings is 1. The molecule has 3 rings (SSSR count). The number of carboxylic acid groups (broad SMARTS) is 1. The molecule has 2 unspecified atom stereocenters. The van der Waals surface area contributed by atoms with Crippen molar-refractivity contribution in [3.8, 4) is 0 Å². The van der Waals surface area contributed by atoms with Crippen LogP contribution in [-0.2, 0) is 9.59 Å². The summed E-state index contributed by atoms with van der Waals surface area (Å²) in [6.07, 6.45) is 6.68. The van der Waals surface area contributed by atoms with Crippen molar-refractivity contribution in [3.63, 3.8) is 0 Å². The largest absolute Gasteiger partial charge is 0.481 e. The second-order valence-electron chi connectivity index (χ2n) is 7.85. The molecule has 0 aliphatic heterocycles. The molecular weight excluding hydrogens is 314 g/mol. The Labute approximate surface area is 150 Å². The maximum absolute atomic E-state index is 13.1. The Kier molecular flexibility index (Phi) is 5.45. The van der Waals surface area contributed by atoms with Crippen molar-refractivity contribution >= 4 is 11.9 Å². The molecule has 1 aromatic carbocycles. The molecule has 2 aliphatic rings. The van der Waals surface area contributed by atoms with Crippen molar-refractivity contribution in [1.29, 1.82) is 0 Å². The van der Waals surface area contributed by atoms with Gasteiger partial charge in [-0.3, -0.25) is 9.59 Å². The number of carboxylic acids is 1. The molecule has 2 N–H and O–H groups in total. The number of rotatable bonds is 8. The van der Waals surface area contributed by atoms with Gasteiger partial charge in [0.2, 0.25) is 5.91 Å². The number of amides is 1. The van der Waals surface area contributed by atoms with E-state index in [1.807, 2.05) is 25.1 Å². The van der Waals surface area contributed by atoms with Crippen molar-refractivity contribution in [1.82, 2.24) is 5.32 Å². The van der Waals surface area contributed by atoms with E-state index in [1.54, 1.807) is 0 Å². The van der Waals surface area contributed by atoms with E-state index < -0.39 is 17.3 Å². The maximum atomic E-state index is 13.1. The van der Waals surface area contributed by atoms with Gasteiger partial charge in [-0.2, -0.15) is 0 Å². The van der Waals surface area contributed by atoms with Gasteiger partial charge in [0.1, 0.15) is 0 Å². The highest BCUT2D eigenvalue weighted by atomic mass is 16.4. The highest BCUT2D eigenvalue weighted by molar-refractivity contribution is 5.84. The third kappa shape index (κ3) is 4.05. The number of aliphatic carboxylic acids is 1. The smallest absolute Gasteiger partial charge is 0.306 e. The van der Waals surface area contributed by atoms with Gasteiger partial charge in [0.05, 0.1) is 11.3 Å². The van der Waals surface area contributed by atoms with Crippen molar-refractivity contribution in [2.75, 3.05) is 0 Å². The van der Waals surface area contributed by atoms with Crippen LogP contribution in [0.2, 0.25) is 0 Å². The van der Waals surface area contributed by atoms with E-state index in [9.17, 15) is 14.7 Å².